The lowest BCUT2D eigenvalue weighted by molar-refractivity contribution is -0.384. The van der Waals surface area contributed by atoms with Gasteiger partial charge in [0.2, 0.25) is 0 Å². The summed E-state index contributed by atoms with van der Waals surface area (Å²) < 4.78 is 20.6. The number of nitrogens with zero attached hydrogens (tertiary/aromatic N) is 1. The third-order valence-corrected chi connectivity index (χ3v) is 3.79. The summed E-state index contributed by atoms with van der Waals surface area (Å²) in [6, 6.07) is 8.50. The predicted octanol–water partition coefficient (Wildman–Crippen LogP) is 2.17. The van der Waals surface area contributed by atoms with E-state index in [1.165, 1.54) is 37.4 Å². The SMILES string of the molecule is COc1ccc(NC(=O)COC(=O)c2ccc3c(c2)OCCO3)c([N+](=O)[O-])c1. The van der Waals surface area contributed by atoms with Crippen molar-refractivity contribution in [3.63, 3.8) is 0 Å². The molecule has 0 bridgehead atoms. The van der Waals surface area contributed by atoms with Crippen LogP contribution < -0.4 is 19.5 Å². The number of nitro groups is 1. The van der Waals surface area contributed by atoms with Gasteiger partial charge in [0, 0.05) is 0 Å². The van der Waals surface area contributed by atoms with Crippen LogP contribution in [0.15, 0.2) is 36.4 Å². The summed E-state index contributed by atoms with van der Waals surface area (Å²) in [5.41, 5.74) is -0.190. The molecule has 0 fully saturated rings. The summed E-state index contributed by atoms with van der Waals surface area (Å²) in [6.07, 6.45) is 0. The Morgan fingerprint density at radius 3 is 2.61 bits per heavy atom. The highest BCUT2D eigenvalue weighted by Gasteiger charge is 2.19. The van der Waals surface area contributed by atoms with Gasteiger partial charge in [-0.15, -0.1) is 0 Å². The van der Waals surface area contributed by atoms with Crippen molar-refractivity contribution in [3.8, 4) is 17.2 Å². The fourth-order valence-corrected chi connectivity index (χ4v) is 2.47. The van der Waals surface area contributed by atoms with E-state index >= 15 is 0 Å². The highest BCUT2D eigenvalue weighted by atomic mass is 16.6. The minimum Gasteiger partial charge on any atom is -0.496 e. The van der Waals surface area contributed by atoms with Crippen LogP contribution in [0.5, 0.6) is 17.2 Å². The molecule has 0 saturated carbocycles. The second-order valence-electron chi connectivity index (χ2n) is 5.62. The van der Waals surface area contributed by atoms with Crippen molar-refractivity contribution in [2.75, 3.05) is 32.2 Å². The molecule has 0 unspecified atom stereocenters. The van der Waals surface area contributed by atoms with Crippen LogP contribution in [0.1, 0.15) is 10.4 Å². The fraction of sp³-hybridized carbons (Fsp3) is 0.222. The number of esters is 1. The first-order valence-electron chi connectivity index (χ1n) is 8.17. The molecule has 28 heavy (non-hydrogen) atoms. The van der Waals surface area contributed by atoms with E-state index in [4.69, 9.17) is 18.9 Å². The van der Waals surface area contributed by atoms with E-state index in [0.717, 1.165) is 0 Å². The van der Waals surface area contributed by atoms with Crippen molar-refractivity contribution in [2.24, 2.45) is 0 Å². The second-order valence-corrected chi connectivity index (χ2v) is 5.62. The number of fused-ring (bicyclic) bond motifs is 1. The van der Waals surface area contributed by atoms with E-state index in [0.29, 0.717) is 24.7 Å². The summed E-state index contributed by atoms with van der Waals surface area (Å²) in [5, 5.41) is 13.5. The Bertz CT molecular complexity index is 928. The van der Waals surface area contributed by atoms with Crippen LogP contribution in [-0.2, 0) is 9.53 Å². The van der Waals surface area contributed by atoms with E-state index in [2.05, 4.69) is 5.32 Å². The van der Waals surface area contributed by atoms with Gasteiger partial charge in [0.15, 0.2) is 18.1 Å². The molecule has 2 aromatic carbocycles. The zero-order chi connectivity index (χ0) is 20.1. The van der Waals surface area contributed by atoms with E-state index in [9.17, 15) is 19.7 Å². The lowest BCUT2D eigenvalue weighted by Crippen LogP contribution is -2.21. The highest BCUT2D eigenvalue weighted by Crippen LogP contribution is 2.31. The molecule has 1 aliphatic heterocycles. The van der Waals surface area contributed by atoms with Gasteiger partial charge < -0.3 is 24.3 Å². The van der Waals surface area contributed by atoms with Crippen molar-refractivity contribution in [1.29, 1.82) is 0 Å². The van der Waals surface area contributed by atoms with E-state index in [-0.39, 0.29) is 22.7 Å². The van der Waals surface area contributed by atoms with Gasteiger partial charge in [-0.3, -0.25) is 14.9 Å². The molecular formula is C18H16N2O8. The number of hydrogen-bond acceptors (Lipinski definition) is 8. The minimum absolute atomic E-state index is 0.0359. The topological polar surface area (TPSA) is 126 Å². The summed E-state index contributed by atoms with van der Waals surface area (Å²) in [7, 11) is 1.37. The molecule has 146 valence electrons. The first kappa shape index (κ1) is 19.0. The second kappa shape index (κ2) is 8.25. The first-order chi connectivity index (χ1) is 13.5. The molecule has 3 rings (SSSR count). The third-order valence-electron chi connectivity index (χ3n) is 3.79. The average molecular weight is 388 g/mol. The van der Waals surface area contributed by atoms with Crippen LogP contribution in [-0.4, -0.2) is 43.7 Å². The van der Waals surface area contributed by atoms with Crippen LogP contribution in [0.3, 0.4) is 0 Å². The Morgan fingerprint density at radius 1 is 1.14 bits per heavy atom. The number of methoxy groups -OCH3 is 1. The number of benzene rings is 2. The molecule has 0 atom stereocenters. The Kier molecular flexibility index (Phi) is 5.58. The number of nitro benzene ring substituents is 1. The molecule has 0 radical (unpaired) electrons. The number of carbonyl (C=O) groups excluding carboxylic acids is 2. The number of hydrogen-bond donors (Lipinski definition) is 1. The van der Waals surface area contributed by atoms with E-state index in [1.807, 2.05) is 0 Å². The molecule has 10 nitrogen and oxygen atoms in total. The van der Waals surface area contributed by atoms with Gasteiger partial charge in [0.1, 0.15) is 24.7 Å². The van der Waals surface area contributed by atoms with Crippen molar-refractivity contribution >= 4 is 23.3 Å². The van der Waals surface area contributed by atoms with Crippen LogP contribution in [0, 0.1) is 10.1 Å². The zero-order valence-corrected chi connectivity index (χ0v) is 14.8. The van der Waals surface area contributed by atoms with Gasteiger partial charge in [0.05, 0.1) is 23.7 Å². The van der Waals surface area contributed by atoms with Crippen molar-refractivity contribution in [1.82, 2.24) is 0 Å². The summed E-state index contributed by atoms with van der Waals surface area (Å²) in [6.45, 7) is 0.180. The Labute approximate surface area is 159 Å². The molecule has 1 aliphatic rings. The molecule has 1 heterocycles. The van der Waals surface area contributed by atoms with Gasteiger partial charge in [-0.2, -0.15) is 0 Å². The first-order valence-corrected chi connectivity index (χ1v) is 8.17. The Hall–Kier alpha value is -3.82. The number of nitrogens with one attached hydrogen (secondary N) is 1. The molecule has 1 amide bonds. The van der Waals surface area contributed by atoms with Crippen LogP contribution in [0.25, 0.3) is 0 Å². The van der Waals surface area contributed by atoms with Gasteiger partial charge in [-0.25, -0.2) is 4.79 Å². The number of amides is 1. The zero-order valence-electron chi connectivity index (χ0n) is 14.8. The molecular weight excluding hydrogens is 372 g/mol. The molecule has 0 aromatic heterocycles. The Morgan fingerprint density at radius 2 is 1.89 bits per heavy atom. The van der Waals surface area contributed by atoms with Crippen molar-refractivity contribution < 1.29 is 33.5 Å². The quantitative estimate of drug-likeness (QED) is 0.453. The molecule has 0 spiro atoms. The molecule has 10 heteroatoms. The molecule has 1 N–H and O–H groups in total. The van der Waals surface area contributed by atoms with Crippen molar-refractivity contribution in [2.45, 2.75) is 0 Å². The summed E-state index contributed by atoms with van der Waals surface area (Å²) in [4.78, 5) is 34.6. The maximum absolute atomic E-state index is 12.1. The van der Waals surface area contributed by atoms with Crippen LogP contribution >= 0.6 is 0 Å². The summed E-state index contributed by atoms with van der Waals surface area (Å²) >= 11 is 0. The molecule has 2 aromatic rings. The fourth-order valence-electron chi connectivity index (χ4n) is 2.47. The average Bonchev–Trinajstić information content (AvgIpc) is 2.71. The summed E-state index contributed by atoms with van der Waals surface area (Å²) in [5.74, 6) is -0.253. The monoisotopic (exact) mass is 388 g/mol. The minimum atomic E-state index is -0.739. The largest absolute Gasteiger partial charge is 0.496 e. The number of ether oxygens (including phenoxy) is 4. The number of carbonyl (C=O) groups is 2. The maximum Gasteiger partial charge on any atom is 0.338 e. The third kappa shape index (κ3) is 4.29. The Balaban J connectivity index is 1.61. The van der Waals surface area contributed by atoms with E-state index < -0.39 is 23.4 Å². The smallest absolute Gasteiger partial charge is 0.338 e. The van der Waals surface area contributed by atoms with Crippen LogP contribution in [0.4, 0.5) is 11.4 Å². The predicted molar refractivity (Wildman–Crippen MR) is 96.0 cm³/mol. The maximum atomic E-state index is 12.1. The number of rotatable bonds is 6. The molecule has 0 aliphatic carbocycles. The number of anilines is 1. The lowest BCUT2D eigenvalue weighted by atomic mass is 10.2. The van der Waals surface area contributed by atoms with Gasteiger partial charge in [0.25, 0.3) is 11.6 Å². The van der Waals surface area contributed by atoms with Gasteiger partial charge in [-0.1, -0.05) is 0 Å². The lowest BCUT2D eigenvalue weighted by Gasteiger charge is -2.18. The van der Waals surface area contributed by atoms with Gasteiger partial charge >= 0.3 is 5.97 Å². The van der Waals surface area contributed by atoms with Gasteiger partial charge in [-0.05, 0) is 30.3 Å². The molecule has 0 saturated heterocycles. The van der Waals surface area contributed by atoms with Crippen molar-refractivity contribution in [3.05, 3.63) is 52.1 Å². The van der Waals surface area contributed by atoms with E-state index in [1.54, 1.807) is 6.07 Å². The standard InChI is InChI=1S/C18H16N2O8/c1-25-12-3-4-13(14(9-12)20(23)24)19-17(21)10-28-18(22)11-2-5-15-16(8-11)27-7-6-26-15/h2-5,8-9H,6-7,10H2,1H3,(H,19,21). The highest BCUT2D eigenvalue weighted by molar-refractivity contribution is 5.97. The van der Waals surface area contributed by atoms with Crippen LogP contribution in [0.2, 0.25) is 0 Å². The normalized spacial score (nSPS) is 12.0.